The molecule has 8 heteroatoms. The molecule has 0 saturated carbocycles. The summed E-state index contributed by atoms with van der Waals surface area (Å²) in [6, 6.07) is 11.2. The van der Waals surface area contributed by atoms with Crippen LogP contribution in [0.4, 0.5) is 5.69 Å². The molecule has 1 aromatic carbocycles. The number of hydrogen-bond donors (Lipinski definition) is 1. The van der Waals surface area contributed by atoms with E-state index < -0.39 is 0 Å². The van der Waals surface area contributed by atoms with Crippen molar-refractivity contribution in [1.82, 2.24) is 14.8 Å². The van der Waals surface area contributed by atoms with Crippen molar-refractivity contribution in [2.24, 2.45) is 0 Å². The lowest BCUT2D eigenvalue weighted by Gasteiger charge is -2.13. The SMILES string of the molecule is CCOc1ccc(NC(=O)c2cc(-c3cccs3)nc3c2cnn3C(C)C)cc1OC. The zero-order valence-electron chi connectivity index (χ0n) is 17.9. The molecule has 0 unspecified atom stereocenters. The van der Waals surface area contributed by atoms with Crippen molar-refractivity contribution in [2.75, 3.05) is 19.0 Å². The van der Waals surface area contributed by atoms with Gasteiger partial charge in [0, 0.05) is 17.8 Å². The summed E-state index contributed by atoms with van der Waals surface area (Å²) < 4.78 is 12.8. The smallest absolute Gasteiger partial charge is 0.256 e. The molecule has 0 aliphatic rings. The topological polar surface area (TPSA) is 78.3 Å². The standard InChI is InChI=1S/C23H24N4O3S/c1-5-30-19-9-8-15(11-20(19)29-4)25-23(28)16-12-18(21-7-6-10-31-21)26-22-17(16)13-24-27(22)14(2)3/h6-14H,5H2,1-4H3,(H,25,28). The average molecular weight is 437 g/mol. The number of amides is 1. The molecule has 0 saturated heterocycles. The van der Waals surface area contributed by atoms with Crippen molar-refractivity contribution in [3.63, 3.8) is 0 Å². The molecule has 3 aromatic heterocycles. The van der Waals surface area contributed by atoms with Crippen LogP contribution in [0.5, 0.6) is 11.5 Å². The van der Waals surface area contributed by atoms with E-state index in [1.807, 2.05) is 49.0 Å². The lowest BCUT2D eigenvalue weighted by atomic mass is 10.1. The van der Waals surface area contributed by atoms with Crippen LogP contribution in [-0.2, 0) is 0 Å². The summed E-state index contributed by atoms with van der Waals surface area (Å²) >= 11 is 1.58. The number of nitrogens with one attached hydrogen (secondary N) is 1. The first-order chi connectivity index (χ1) is 15.0. The molecule has 0 bridgehead atoms. The third-order valence-corrected chi connectivity index (χ3v) is 5.69. The Balaban J connectivity index is 1.75. The minimum absolute atomic E-state index is 0.120. The first kappa shape index (κ1) is 20.9. The van der Waals surface area contributed by atoms with E-state index >= 15 is 0 Å². The van der Waals surface area contributed by atoms with E-state index in [0.717, 1.165) is 10.6 Å². The van der Waals surface area contributed by atoms with Gasteiger partial charge >= 0.3 is 0 Å². The van der Waals surface area contributed by atoms with Crippen LogP contribution in [0.3, 0.4) is 0 Å². The summed E-state index contributed by atoms with van der Waals surface area (Å²) in [5, 5.41) is 10.1. The Morgan fingerprint density at radius 3 is 2.74 bits per heavy atom. The number of rotatable bonds is 7. The molecule has 160 valence electrons. The molecule has 1 N–H and O–H groups in total. The van der Waals surface area contributed by atoms with Gasteiger partial charge in [0.1, 0.15) is 0 Å². The maximum Gasteiger partial charge on any atom is 0.256 e. The second-order valence-electron chi connectivity index (χ2n) is 7.21. The monoisotopic (exact) mass is 436 g/mol. The van der Waals surface area contributed by atoms with Crippen molar-refractivity contribution in [2.45, 2.75) is 26.8 Å². The Morgan fingerprint density at radius 1 is 1.23 bits per heavy atom. The van der Waals surface area contributed by atoms with Gasteiger partial charge < -0.3 is 14.8 Å². The van der Waals surface area contributed by atoms with E-state index in [-0.39, 0.29) is 11.9 Å². The van der Waals surface area contributed by atoms with Crippen LogP contribution in [0.2, 0.25) is 0 Å². The van der Waals surface area contributed by atoms with Crippen LogP contribution in [0, 0.1) is 0 Å². The summed E-state index contributed by atoms with van der Waals surface area (Å²) in [6.45, 7) is 6.52. The van der Waals surface area contributed by atoms with Crippen LogP contribution in [0.1, 0.15) is 37.2 Å². The van der Waals surface area contributed by atoms with E-state index in [9.17, 15) is 4.79 Å². The Kier molecular flexibility index (Phi) is 5.90. The minimum atomic E-state index is -0.236. The van der Waals surface area contributed by atoms with Gasteiger partial charge in [-0.2, -0.15) is 5.10 Å². The van der Waals surface area contributed by atoms with Gasteiger partial charge in [0.05, 0.1) is 41.4 Å². The number of benzene rings is 1. The van der Waals surface area contributed by atoms with Crippen molar-refractivity contribution < 1.29 is 14.3 Å². The predicted molar refractivity (Wildman–Crippen MR) is 123 cm³/mol. The summed E-state index contributed by atoms with van der Waals surface area (Å²) in [5.41, 5.74) is 2.58. The number of nitrogens with zero attached hydrogens (tertiary/aromatic N) is 3. The third-order valence-electron chi connectivity index (χ3n) is 4.80. The number of fused-ring (bicyclic) bond motifs is 1. The molecule has 0 aliphatic heterocycles. The number of hydrogen-bond acceptors (Lipinski definition) is 6. The highest BCUT2D eigenvalue weighted by Crippen LogP contribution is 2.32. The lowest BCUT2D eigenvalue weighted by Crippen LogP contribution is -2.13. The first-order valence-corrected chi connectivity index (χ1v) is 10.9. The number of anilines is 1. The van der Waals surface area contributed by atoms with Crippen LogP contribution < -0.4 is 14.8 Å². The Hall–Kier alpha value is -3.39. The molecule has 0 atom stereocenters. The highest BCUT2D eigenvalue weighted by molar-refractivity contribution is 7.13. The van der Waals surface area contributed by atoms with Gasteiger partial charge in [0.15, 0.2) is 17.1 Å². The van der Waals surface area contributed by atoms with Crippen LogP contribution in [-0.4, -0.2) is 34.4 Å². The number of ether oxygens (including phenoxy) is 2. The van der Waals surface area contributed by atoms with E-state index in [2.05, 4.69) is 10.4 Å². The fourth-order valence-corrected chi connectivity index (χ4v) is 4.04. The fraction of sp³-hybridized carbons (Fsp3) is 0.261. The van der Waals surface area contributed by atoms with Gasteiger partial charge in [-0.15, -0.1) is 11.3 Å². The van der Waals surface area contributed by atoms with Gasteiger partial charge in [-0.25, -0.2) is 9.67 Å². The first-order valence-electron chi connectivity index (χ1n) is 10.1. The van der Waals surface area contributed by atoms with E-state index in [1.165, 1.54) is 0 Å². The van der Waals surface area contributed by atoms with Crippen molar-refractivity contribution in [3.8, 4) is 22.1 Å². The van der Waals surface area contributed by atoms with Gasteiger partial charge in [0.2, 0.25) is 0 Å². The Morgan fingerprint density at radius 2 is 2.06 bits per heavy atom. The largest absolute Gasteiger partial charge is 0.493 e. The average Bonchev–Trinajstić information content (AvgIpc) is 3.44. The highest BCUT2D eigenvalue weighted by atomic mass is 32.1. The van der Waals surface area contributed by atoms with Gasteiger partial charge in [-0.1, -0.05) is 6.07 Å². The molecule has 1 amide bonds. The lowest BCUT2D eigenvalue weighted by molar-refractivity contribution is 0.102. The van der Waals surface area contributed by atoms with E-state index in [0.29, 0.717) is 40.4 Å². The second-order valence-corrected chi connectivity index (χ2v) is 8.15. The Bertz CT molecular complexity index is 1220. The zero-order chi connectivity index (χ0) is 22.0. The normalized spacial score (nSPS) is 11.1. The summed E-state index contributed by atoms with van der Waals surface area (Å²) in [7, 11) is 1.57. The number of carbonyl (C=O) groups is 1. The minimum Gasteiger partial charge on any atom is -0.493 e. The third kappa shape index (κ3) is 4.11. The van der Waals surface area contributed by atoms with Crippen LogP contribution >= 0.6 is 11.3 Å². The molecule has 3 heterocycles. The number of aromatic nitrogens is 3. The Labute approximate surface area is 184 Å². The van der Waals surface area contributed by atoms with Crippen molar-refractivity contribution in [3.05, 3.63) is 53.5 Å². The number of pyridine rings is 1. The van der Waals surface area contributed by atoms with Crippen LogP contribution in [0.15, 0.2) is 48.0 Å². The van der Waals surface area contributed by atoms with Gasteiger partial charge in [-0.3, -0.25) is 4.79 Å². The van der Waals surface area contributed by atoms with Gasteiger partial charge in [0.25, 0.3) is 5.91 Å². The van der Waals surface area contributed by atoms with E-state index in [1.54, 1.807) is 42.8 Å². The van der Waals surface area contributed by atoms with Gasteiger partial charge in [-0.05, 0) is 50.4 Å². The maximum atomic E-state index is 13.3. The molecule has 4 rings (SSSR count). The van der Waals surface area contributed by atoms with Crippen molar-refractivity contribution in [1.29, 1.82) is 0 Å². The summed E-state index contributed by atoms with van der Waals surface area (Å²) in [6.07, 6.45) is 1.70. The zero-order valence-corrected chi connectivity index (χ0v) is 18.7. The molecule has 31 heavy (non-hydrogen) atoms. The highest BCUT2D eigenvalue weighted by Gasteiger charge is 2.19. The maximum absolute atomic E-state index is 13.3. The quantitative estimate of drug-likeness (QED) is 0.420. The molecular weight excluding hydrogens is 412 g/mol. The summed E-state index contributed by atoms with van der Waals surface area (Å²) in [4.78, 5) is 19.1. The van der Waals surface area contributed by atoms with Crippen LogP contribution in [0.25, 0.3) is 21.6 Å². The molecular formula is C23H24N4O3S. The number of thiophene rings is 1. The molecule has 7 nitrogen and oxygen atoms in total. The molecule has 0 radical (unpaired) electrons. The number of carbonyl (C=O) groups excluding carboxylic acids is 1. The van der Waals surface area contributed by atoms with E-state index in [4.69, 9.17) is 14.5 Å². The fourth-order valence-electron chi connectivity index (χ4n) is 3.35. The molecule has 0 fully saturated rings. The predicted octanol–water partition coefficient (Wildman–Crippen LogP) is 5.40. The second kappa shape index (κ2) is 8.77. The number of methoxy groups -OCH3 is 1. The van der Waals surface area contributed by atoms with Crippen molar-refractivity contribution >= 4 is 34.0 Å². The summed E-state index contributed by atoms with van der Waals surface area (Å²) in [5.74, 6) is 0.957. The molecule has 0 aliphatic carbocycles. The molecule has 4 aromatic rings. The molecule has 0 spiro atoms.